The van der Waals surface area contributed by atoms with Gasteiger partial charge in [0.1, 0.15) is 5.75 Å². The van der Waals surface area contributed by atoms with Gasteiger partial charge in [-0.1, -0.05) is 5.92 Å². The summed E-state index contributed by atoms with van der Waals surface area (Å²) in [5.41, 5.74) is 6.82. The Kier molecular flexibility index (Phi) is 3.96. The molecule has 0 heterocycles. The number of hydrogen-bond acceptors (Lipinski definition) is 3. The van der Waals surface area contributed by atoms with Crippen molar-refractivity contribution in [3.8, 4) is 18.1 Å². The van der Waals surface area contributed by atoms with E-state index in [4.69, 9.17) is 16.9 Å². The molecule has 2 rings (SSSR count). The molecule has 0 bridgehead atoms. The Bertz CT molecular complexity index is 515. The summed E-state index contributed by atoms with van der Waals surface area (Å²) in [4.78, 5) is 14.1. The molecule has 1 amide bonds. The lowest BCUT2D eigenvalue weighted by atomic mass is 10.1. The summed E-state index contributed by atoms with van der Waals surface area (Å²) in [6, 6.07) is 5.04. The number of amides is 1. The van der Waals surface area contributed by atoms with E-state index >= 15 is 0 Å². The second kappa shape index (κ2) is 5.66. The SMILES string of the molecule is C#CCN(CC1CC1)C(=O)c1ccc(N)c(OC)c1. The average Bonchev–Trinajstić information content (AvgIpc) is 3.22. The molecule has 19 heavy (non-hydrogen) atoms. The predicted octanol–water partition coefficient (Wildman–Crippen LogP) is 1.76. The third-order valence-corrected chi connectivity index (χ3v) is 3.23. The number of nitrogens with zero attached hydrogens (tertiary/aromatic N) is 1. The number of anilines is 1. The van der Waals surface area contributed by atoms with Gasteiger partial charge in [0.2, 0.25) is 0 Å². The van der Waals surface area contributed by atoms with Crippen LogP contribution in [0.2, 0.25) is 0 Å². The Balaban J connectivity index is 2.17. The van der Waals surface area contributed by atoms with Gasteiger partial charge >= 0.3 is 0 Å². The van der Waals surface area contributed by atoms with Crippen LogP contribution in [0.4, 0.5) is 5.69 Å². The summed E-state index contributed by atoms with van der Waals surface area (Å²) < 4.78 is 5.13. The predicted molar refractivity (Wildman–Crippen MR) is 74.9 cm³/mol. The second-order valence-corrected chi connectivity index (χ2v) is 4.79. The van der Waals surface area contributed by atoms with E-state index in [1.807, 2.05) is 0 Å². The third-order valence-electron chi connectivity index (χ3n) is 3.23. The van der Waals surface area contributed by atoms with E-state index in [2.05, 4.69) is 5.92 Å². The standard InChI is InChI=1S/C15H18N2O2/c1-3-8-17(10-11-4-5-11)15(18)12-6-7-13(16)14(9-12)19-2/h1,6-7,9,11H,4-5,8,10,16H2,2H3. The van der Waals surface area contributed by atoms with E-state index in [9.17, 15) is 4.79 Å². The molecule has 0 aromatic heterocycles. The highest BCUT2D eigenvalue weighted by Gasteiger charge is 2.27. The number of nitrogen functional groups attached to an aromatic ring is 1. The molecule has 4 nitrogen and oxygen atoms in total. The van der Waals surface area contributed by atoms with Gasteiger partial charge < -0.3 is 15.4 Å². The van der Waals surface area contributed by atoms with E-state index in [-0.39, 0.29) is 5.91 Å². The van der Waals surface area contributed by atoms with E-state index in [1.54, 1.807) is 23.1 Å². The molecular weight excluding hydrogens is 240 g/mol. The Morgan fingerprint density at radius 1 is 1.58 bits per heavy atom. The van der Waals surface area contributed by atoms with Gasteiger partial charge in [0.15, 0.2) is 0 Å². The number of terminal acetylenes is 1. The molecule has 1 aliphatic rings. The first-order chi connectivity index (χ1) is 9.15. The maximum atomic E-state index is 12.4. The molecule has 100 valence electrons. The number of carbonyl (C=O) groups is 1. The highest BCUT2D eigenvalue weighted by Crippen LogP contribution is 2.30. The molecule has 1 fully saturated rings. The minimum absolute atomic E-state index is 0.0665. The van der Waals surface area contributed by atoms with Gasteiger partial charge in [-0.05, 0) is 37.0 Å². The maximum Gasteiger partial charge on any atom is 0.254 e. The number of benzene rings is 1. The van der Waals surface area contributed by atoms with E-state index in [0.29, 0.717) is 29.5 Å². The topological polar surface area (TPSA) is 55.6 Å². The number of ether oxygens (including phenoxy) is 1. The highest BCUT2D eigenvalue weighted by atomic mass is 16.5. The second-order valence-electron chi connectivity index (χ2n) is 4.79. The van der Waals surface area contributed by atoms with Crippen LogP contribution in [0, 0.1) is 18.3 Å². The quantitative estimate of drug-likeness (QED) is 0.647. The largest absolute Gasteiger partial charge is 0.495 e. The summed E-state index contributed by atoms with van der Waals surface area (Å²) >= 11 is 0. The Morgan fingerprint density at radius 2 is 2.32 bits per heavy atom. The molecule has 0 atom stereocenters. The lowest BCUT2D eigenvalue weighted by molar-refractivity contribution is 0.0769. The smallest absolute Gasteiger partial charge is 0.254 e. The van der Waals surface area contributed by atoms with Gasteiger partial charge in [-0.15, -0.1) is 6.42 Å². The monoisotopic (exact) mass is 258 g/mol. The van der Waals surface area contributed by atoms with Crippen LogP contribution in [0.3, 0.4) is 0 Å². The number of hydrogen-bond donors (Lipinski definition) is 1. The molecule has 1 saturated carbocycles. The third kappa shape index (κ3) is 3.19. The maximum absolute atomic E-state index is 12.4. The average molecular weight is 258 g/mol. The zero-order valence-electron chi connectivity index (χ0n) is 11.1. The minimum Gasteiger partial charge on any atom is -0.495 e. The van der Waals surface area contributed by atoms with Crippen LogP contribution in [0.1, 0.15) is 23.2 Å². The zero-order valence-corrected chi connectivity index (χ0v) is 11.1. The van der Waals surface area contributed by atoms with Crippen LogP contribution < -0.4 is 10.5 Å². The summed E-state index contributed by atoms with van der Waals surface area (Å²) in [5, 5.41) is 0. The Morgan fingerprint density at radius 3 is 2.89 bits per heavy atom. The lowest BCUT2D eigenvalue weighted by Crippen LogP contribution is -2.33. The lowest BCUT2D eigenvalue weighted by Gasteiger charge is -2.20. The Hall–Kier alpha value is -2.15. The molecular formula is C15H18N2O2. The van der Waals surface area contributed by atoms with Crippen molar-refractivity contribution in [3.05, 3.63) is 23.8 Å². The van der Waals surface area contributed by atoms with Crippen LogP contribution in [0.5, 0.6) is 5.75 Å². The molecule has 0 aliphatic heterocycles. The number of rotatable bonds is 5. The molecule has 0 saturated heterocycles. The molecule has 0 radical (unpaired) electrons. The number of nitrogens with two attached hydrogens (primary N) is 1. The van der Waals surface area contributed by atoms with Gasteiger partial charge in [-0.2, -0.15) is 0 Å². The summed E-state index contributed by atoms with van der Waals surface area (Å²) in [6.07, 6.45) is 7.69. The van der Waals surface area contributed by atoms with Crippen LogP contribution in [-0.2, 0) is 0 Å². The van der Waals surface area contributed by atoms with Crippen LogP contribution >= 0.6 is 0 Å². The van der Waals surface area contributed by atoms with Crippen molar-refractivity contribution in [2.24, 2.45) is 5.92 Å². The summed E-state index contributed by atoms with van der Waals surface area (Å²) in [7, 11) is 1.53. The van der Waals surface area contributed by atoms with E-state index in [0.717, 1.165) is 6.54 Å². The molecule has 4 heteroatoms. The number of methoxy groups -OCH3 is 1. The van der Waals surface area contributed by atoms with Crippen LogP contribution in [0.15, 0.2) is 18.2 Å². The van der Waals surface area contributed by atoms with Crippen molar-refractivity contribution in [2.45, 2.75) is 12.8 Å². The van der Waals surface area contributed by atoms with Crippen molar-refractivity contribution in [3.63, 3.8) is 0 Å². The van der Waals surface area contributed by atoms with Crippen molar-refractivity contribution in [1.82, 2.24) is 4.90 Å². The van der Waals surface area contributed by atoms with Crippen molar-refractivity contribution >= 4 is 11.6 Å². The van der Waals surface area contributed by atoms with E-state index in [1.165, 1.54) is 20.0 Å². The first-order valence-corrected chi connectivity index (χ1v) is 6.32. The molecule has 0 unspecified atom stereocenters. The fourth-order valence-corrected chi connectivity index (χ4v) is 1.97. The molecule has 1 aliphatic carbocycles. The van der Waals surface area contributed by atoms with Gasteiger partial charge in [-0.3, -0.25) is 4.79 Å². The normalized spacial score (nSPS) is 13.7. The summed E-state index contributed by atoms with van der Waals surface area (Å²) in [6.45, 7) is 1.07. The minimum atomic E-state index is -0.0665. The van der Waals surface area contributed by atoms with Gasteiger partial charge in [0.05, 0.1) is 19.3 Å². The molecule has 2 N–H and O–H groups in total. The molecule has 1 aromatic rings. The first kappa shape index (κ1) is 13.3. The fraction of sp³-hybridized carbons (Fsp3) is 0.400. The first-order valence-electron chi connectivity index (χ1n) is 6.32. The molecule has 0 spiro atoms. The van der Waals surface area contributed by atoms with Gasteiger partial charge in [-0.25, -0.2) is 0 Å². The van der Waals surface area contributed by atoms with E-state index < -0.39 is 0 Å². The van der Waals surface area contributed by atoms with Crippen molar-refractivity contribution < 1.29 is 9.53 Å². The van der Waals surface area contributed by atoms with Gasteiger partial charge in [0, 0.05) is 12.1 Å². The van der Waals surface area contributed by atoms with Crippen molar-refractivity contribution in [2.75, 3.05) is 25.9 Å². The number of carbonyl (C=O) groups excluding carboxylic acids is 1. The van der Waals surface area contributed by atoms with Crippen LogP contribution in [0.25, 0.3) is 0 Å². The van der Waals surface area contributed by atoms with Gasteiger partial charge in [0.25, 0.3) is 5.91 Å². The fourth-order valence-electron chi connectivity index (χ4n) is 1.97. The summed E-state index contributed by atoms with van der Waals surface area (Å²) in [5.74, 6) is 3.59. The van der Waals surface area contributed by atoms with Crippen LogP contribution in [-0.4, -0.2) is 31.0 Å². The highest BCUT2D eigenvalue weighted by molar-refractivity contribution is 5.95. The zero-order chi connectivity index (χ0) is 13.8. The molecule has 1 aromatic carbocycles. The Labute approximate surface area is 113 Å². The van der Waals surface area contributed by atoms with Crippen molar-refractivity contribution in [1.29, 1.82) is 0 Å².